The molecular weight excluding hydrogens is 156 g/mol. The third kappa shape index (κ3) is 1.68. The minimum Gasteiger partial charge on any atom is -0.387 e. The van der Waals surface area contributed by atoms with E-state index in [9.17, 15) is 0 Å². The van der Waals surface area contributed by atoms with E-state index >= 15 is 0 Å². The molecule has 0 aliphatic carbocycles. The molecule has 0 aromatic carbocycles. The van der Waals surface area contributed by atoms with Gasteiger partial charge in [-0.3, -0.25) is 0 Å². The molecule has 1 nitrogen and oxygen atoms in total. The minimum atomic E-state index is -0.488. The van der Waals surface area contributed by atoms with Crippen molar-refractivity contribution in [1.29, 1.82) is 0 Å². The third-order valence-corrected chi connectivity index (χ3v) is 2.07. The van der Waals surface area contributed by atoms with Gasteiger partial charge in [0.05, 0.1) is 12.0 Å². The summed E-state index contributed by atoms with van der Waals surface area (Å²) in [5, 5.41) is 12.9. The first-order valence-corrected chi connectivity index (χ1v) is 4.08. The highest BCUT2D eigenvalue weighted by Gasteiger charge is 2.03. The lowest BCUT2D eigenvalue weighted by Gasteiger charge is -2.00. The normalized spacial score (nSPS) is 13.6. The summed E-state index contributed by atoms with van der Waals surface area (Å²) in [6.07, 6.45) is -0.488. The van der Waals surface area contributed by atoms with Crippen LogP contribution in [-0.2, 0) is 0 Å². The summed E-state index contributed by atoms with van der Waals surface area (Å²) in [7, 11) is 0. The molecule has 1 aromatic rings. The molecule has 0 spiro atoms. The first kappa shape index (κ1) is 7.06. The van der Waals surface area contributed by atoms with E-state index in [0.29, 0.717) is 0 Å². The molecule has 0 aliphatic heterocycles. The smallest absolute Gasteiger partial charge is 0.0933 e. The molecule has 0 radical (unpaired) electrons. The average Bonchev–Trinajstić information content (AvgIpc) is 2.37. The van der Waals surface area contributed by atoms with Crippen LogP contribution < -0.4 is 0 Å². The van der Waals surface area contributed by atoms with Crippen LogP contribution in [0.1, 0.15) is 11.7 Å². The molecule has 0 unspecified atom stereocenters. The Bertz CT molecular complexity index is 162. The van der Waals surface area contributed by atoms with Crippen LogP contribution >= 0.6 is 22.9 Å². The Hall–Kier alpha value is -0.0500. The third-order valence-electron chi connectivity index (χ3n) is 1.07. The van der Waals surface area contributed by atoms with Crippen LogP contribution in [0.25, 0.3) is 0 Å². The molecule has 50 valence electrons. The standard InChI is InChI=1S/C6H7ClOS/c7-3-6(8)5-1-2-9-4-5/h1-2,4,6,8H,3H2/t6-/m0/s1. The fourth-order valence-electron chi connectivity index (χ4n) is 0.554. The van der Waals surface area contributed by atoms with Crippen molar-refractivity contribution in [2.24, 2.45) is 0 Å². The van der Waals surface area contributed by atoms with Crippen molar-refractivity contribution in [3.05, 3.63) is 22.4 Å². The molecule has 9 heavy (non-hydrogen) atoms. The summed E-state index contributed by atoms with van der Waals surface area (Å²) in [5.41, 5.74) is 0.912. The van der Waals surface area contributed by atoms with E-state index in [-0.39, 0.29) is 5.88 Å². The van der Waals surface area contributed by atoms with Crippen LogP contribution in [0, 0.1) is 0 Å². The summed E-state index contributed by atoms with van der Waals surface area (Å²) >= 11 is 6.96. The highest BCUT2D eigenvalue weighted by molar-refractivity contribution is 7.07. The molecule has 0 fully saturated rings. The maximum atomic E-state index is 9.09. The fourth-order valence-corrected chi connectivity index (χ4v) is 1.44. The fraction of sp³-hybridized carbons (Fsp3) is 0.333. The molecule has 0 bridgehead atoms. The number of aliphatic hydroxyl groups excluding tert-OH is 1. The summed E-state index contributed by atoms with van der Waals surface area (Å²) < 4.78 is 0. The van der Waals surface area contributed by atoms with E-state index in [4.69, 9.17) is 16.7 Å². The Labute approximate surface area is 62.9 Å². The van der Waals surface area contributed by atoms with Crippen molar-refractivity contribution in [2.45, 2.75) is 6.10 Å². The second-order valence-electron chi connectivity index (χ2n) is 1.73. The molecule has 1 heterocycles. The second-order valence-corrected chi connectivity index (χ2v) is 2.82. The van der Waals surface area contributed by atoms with Gasteiger partial charge in [0, 0.05) is 0 Å². The molecular formula is C6H7ClOS. The molecule has 0 saturated carbocycles. The Balaban J connectivity index is 2.65. The van der Waals surface area contributed by atoms with Gasteiger partial charge in [0.15, 0.2) is 0 Å². The predicted molar refractivity (Wildman–Crippen MR) is 40.0 cm³/mol. The van der Waals surface area contributed by atoms with Crippen LogP contribution in [0.15, 0.2) is 16.8 Å². The Kier molecular flexibility index (Phi) is 2.51. The van der Waals surface area contributed by atoms with Crippen LogP contribution in [0.5, 0.6) is 0 Å². The van der Waals surface area contributed by atoms with Crippen molar-refractivity contribution in [2.75, 3.05) is 5.88 Å². The van der Waals surface area contributed by atoms with Crippen molar-refractivity contribution in [3.63, 3.8) is 0 Å². The molecule has 1 N–H and O–H groups in total. The van der Waals surface area contributed by atoms with Gasteiger partial charge >= 0.3 is 0 Å². The lowest BCUT2D eigenvalue weighted by Crippen LogP contribution is -1.94. The molecule has 1 aromatic heterocycles. The Morgan fingerprint density at radius 2 is 2.56 bits per heavy atom. The van der Waals surface area contributed by atoms with Crippen LogP contribution in [0.2, 0.25) is 0 Å². The van der Waals surface area contributed by atoms with Crippen molar-refractivity contribution < 1.29 is 5.11 Å². The van der Waals surface area contributed by atoms with Crippen molar-refractivity contribution in [3.8, 4) is 0 Å². The van der Waals surface area contributed by atoms with Gasteiger partial charge in [-0.2, -0.15) is 11.3 Å². The summed E-state index contributed by atoms with van der Waals surface area (Å²) in [5.74, 6) is 0.275. The molecule has 0 amide bonds. The van der Waals surface area contributed by atoms with E-state index in [1.165, 1.54) is 0 Å². The largest absolute Gasteiger partial charge is 0.387 e. The quantitative estimate of drug-likeness (QED) is 0.660. The van der Waals surface area contributed by atoms with E-state index in [2.05, 4.69) is 0 Å². The number of alkyl halides is 1. The van der Waals surface area contributed by atoms with Crippen LogP contribution in [-0.4, -0.2) is 11.0 Å². The van der Waals surface area contributed by atoms with Gasteiger partial charge in [0.2, 0.25) is 0 Å². The summed E-state index contributed by atoms with van der Waals surface area (Å²) in [6.45, 7) is 0. The van der Waals surface area contributed by atoms with Crippen molar-refractivity contribution in [1.82, 2.24) is 0 Å². The number of hydrogen-bond donors (Lipinski definition) is 1. The molecule has 3 heteroatoms. The lowest BCUT2D eigenvalue weighted by atomic mass is 10.2. The zero-order valence-corrected chi connectivity index (χ0v) is 6.32. The minimum absolute atomic E-state index is 0.275. The number of thiophene rings is 1. The Morgan fingerprint density at radius 1 is 1.78 bits per heavy atom. The van der Waals surface area contributed by atoms with Gasteiger partial charge in [-0.05, 0) is 22.4 Å². The Morgan fingerprint density at radius 3 is 3.00 bits per heavy atom. The molecule has 0 aliphatic rings. The zero-order chi connectivity index (χ0) is 6.69. The van der Waals surface area contributed by atoms with Gasteiger partial charge in [-0.25, -0.2) is 0 Å². The van der Waals surface area contributed by atoms with Gasteiger partial charge in [0.1, 0.15) is 0 Å². The van der Waals surface area contributed by atoms with E-state index < -0.39 is 6.10 Å². The average molecular weight is 163 g/mol. The van der Waals surface area contributed by atoms with Crippen molar-refractivity contribution >= 4 is 22.9 Å². The molecule has 0 saturated heterocycles. The van der Waals surface area contributed by atoms with Gasteiger partial charge in [-0.15, -0.1) is 11.6 Å². The van der Waals surface area contributed by atoms with Crippen LogP contribution in [0.4, 0.5) is 0 Å². The second kappa shape index (κ2) is 3.20. The van der Waals surface area contributed by atoms with Crippen LogP contribution in [0.3, 0.4) is 0 Å². The highest BCUT2D eigenvalue weighted by Crippen LogP contribution is 2.16. The summed E-state index contributed by atoms with van der Waals surface area (Å²) in [6, 6.07) is 1.87. The summed E-state index contributed by atoms with van der Waals surface area (Å²) in [4.78, 5) is 0. The first-order valence-electron chi connectivity index (χ1n) is 2.60. The van der Waals surface area contributed by atoms with E-state index in [1.54, 1.807) is 11.3 Å². The molecule has 1 atom stereocenters. The zero-order valence-electron chi connectivity index (χ0n) is 4.75. The number of rotatable bonds is 2. The van der Waals surface area contributed by atoms with Gasteiger partial charge in [-0.1, -0.05) is 0 Å². The SMILES string of the molecule is O[C@@H](CCl)c1ccsc1. The maximum absolute atomic E-state index is 9.09. The monoisotopic (exact) mass is 162 g/mol. The van der Waals surface area contributed by atoms with E-state index in [1.807, 2.05) is 16.8 Å². The van der Waals surface area contributed by atoms with E-state index in [0.717, 1.165) is 5.56 Å². The molecule has 1 rings (SSSR count). The first-order chi connectivity index (χ1) is 4.34. The number of halogens is 1. The number of hydrogen-bond acceptors (Lipinski definition) is 2. The maximum Gasteiger partial charge on any atom is 0.0933 e. The highest BCUT2D eigenvalue weighted by atomic mass is 35.5. The van der Waals surface area contributed by atoms with Gasteiger partial charge < -0.3 is 5.11 Å². The number of aliphatic hydroxyl groups is 1. The van der Waals surface area contributed by atoms with Gasteiger partial charge in [0.25, 0.3) is 0 Å². The predicted octanol–water partition coefficient (Wildman–Crippen LogP) is 2.02. The lowest BCUT2D eigenvalue weighted by molar-refractivity contribution is 0.203. The topological polar surface area (TPSA) is 20.2 Å².